The molecule has 0 saturated heterocycles. The van der Waals surface area contributed by atoms with Gasteiger partial charge in [-0.2, -0.15) is 0 Å². The molecule has 1 rings (SSSR count). The molecule has 13 heavy (non-hydrogen) atoms. The van der Waals surface area contributed by atoms with Crippen molar-refractivity contribution in [2.45, 2.75) is 19.9 Å². The molecule has 1 atom stereocenters. The van der Waals surface area contributed by atoms with Crippen LogP contribution in [0.5, 0.6) is 0 Å². The summed E-state index contributed by atoms with van der Waals surface area (Å²) in [6, 6.07) is -0.187. The Hall–Kier alpha value is -1.36. The zero-order valence-electron chi connectivity index (χ0n) is 7.74. The first-order valence-corrected chi connectivity index (χ1v) is 4.12. The van der Waals surface area contributed by atoms with E-state index < -0.39 is 5.91 Å². The van der Waals surface area contributed by atoms with Crippen LogP contribution in [-0.4, -0.2) is 15.9 Å². The summed E-state index contributed by atoms with van der Waals surface area (Å²) in [5.41, 5.74) is 11.2. The molecule has 1 aromatic rings. The molecule has 5 N–H and O–H groups in total. The number of amides is 1. The summed E-state index contributed by atoms with van der Waals surface area (Å²) in [7, 11) is 0. The second kappa shape index (κ2) is 3.57. The summed E-state index contributed by atoms with van der Waals surface area (Å²) < 4.78 is 0. The second-order valence-electron chi connectivity index (χ2n) is 3.32. The molecule has 0 aliphatic heterocycles. The van der Waals surface area contributed by atoms with Crippen molar-refractivity contribution in [3.05, 3.63) is 17.7 Å². The topological polar surface area (TPSA) is 97.8 Å². The number of primary amides is 1. The fourth-order valence-electron chi connectivity index (χ4n) is 0.947. The SMILES string of the molecule is CC(C)[C@H](N)c1ncc(C(N)=O)[nH]1. The predicted octanol–water partition coefficient (Wildman–Crippen LogP) is 0.164. The van der Waals surface area contributed by atoms with Gasteiger partial charge in [0.1, 0.15) is 11.5 Å². The Kier molecular flexibility index (Phi) is 2.67. The smallest absolute Gasteiger partial charge is 0.266 e. The number of nitrogens with one attached hydrogen (secondary N) is 1. The number of hydrogen-bond donors (Lipinski definition) is 3. The standard InChI is InChI=1S/C8H14N4O/c1-4(2)6(9)8-11-3-5(12-8)7(10)13/h3-4,6H,9H2,1-2H3,(H2,10,13)(H,11,12)/t6-/m0/s1. The molecule has 1 aromatic heterocycles. The maximum Gasteiger partial charge on any atom is 0.266 e. The number of nitrogens with two attached hydrogens (primary N) is 2. The first kappa shape index (κ1) is 9.73. The molecule has 5 nitrogen and oxygen atoms in total. The van der Waals surface area contributed by atoms with Crippen LogP contribution in [0.1, 0.15) is 36.2 Å². The molecule has 0 aromatic carbocycles. The van der Waals surface area contributed by atoms with E-state index in [1.54, 1.807) is 0 Å². The molecular formula is C8H14N4O. The number of carbonyl (C=O) groups excluding carboxylic acids is 1. The fraction of sp³-hybridized carbons (Fsp3) is 0.500. The minimum Gasteiger partial charge on any atom is -0.364 e. The summed E-state index contributed by atoms with van der Waals surface area (Å²) >= 11 is 0. The minimum absolute atomic E-state index is 0.187. The number of aromatic amines is 1. The zero-order chi connectivity index (χ0) is 10.0. The third-order valence-electron chi connectivity index (χ3n) is 1.89. The van der Waals surface area contributed by atoms with Gasteiger partial charge in [0.15, 0.2) is 0 Å². The molecule has 1 amide bonds. The van der Waals surface area contributed by atoms with Crippen molar-refractivity contribution in [2.24, 2.45) is 17.4 Å². The number of rotatable bonds is 3. The van der Waals surface area contributed by atoms with Gasteiger partial charge >= 0.3 is 0 Å². The number of H-pyrrole nitrogens is 1. The Morgan fingerprint density at radius 3 is 2.62 bits per heavy atom. The summed E-state index contributed by atoms with van der Waals surface area (Å²) in [5.74, 6) is 0.352. The monoisotopic (exact) mass is 182 g/mol. The van der Waals surface area contributed by atoms with Crippen LogP contribution >= 0.6 is 0 Å². The van der Waals surface area contributed by atoms with E-state index in [0.717, 1.165) is 0 Å². The van der Waals surface area contributed by atoms with E-state index in [4.69, 9.17) is 11.5 Å². The molecular weight excluding hydrogens is 168 g/mol. The molecule has 1 heterocycles. The van der Waals surface area contributed by atoms with Gasteiger partial charge in [-0.05, 0) is 5.92 Å². The second-order valence-corrected chi connectivity index (χ2v) is 3.32. The molecule has 0 radical (unpaired) electrons. The van der Waals surface area contributed by atoms with Gasteiger partial charge < -0.3 is 16.5 Å². The predicted molar refractivity (Wildman–Crippen MR) is 48.9 cm³/mol. The lowest BCUT2D eigenvalue weighted by Gasteiger charge is -2.11. The van der Waals surface area contributed by atoms with Gasteiger partial charge in [0, 0.05) is 0 Å². The van der Waals surface area contributed by atoms with Crippen molar-refractivity contribution in [2.75, 3.05) is 0 Å². The van der Waals surface area contributed by atoms with Gasteiger partial charge in [-0.15, -0.1) is 0 Å². The fourth-order valence-corrected chi connectivity index (χ4v) is 0.947. The molecule has 0 bridgehead atoms. The van der Waals surface area contributed by atoms with Gasteiger partial charge in [0.25, 0.3) is 5.91 Å². The Bertz CT molecular complexity index is 305. The van der Waals surface area contributed by atoms with Gasteiger partial charge in [0.05, 0.1) is 12.2 Å². The summed E-state index contributed by atoms with van der Waals surface area (Å²) in [6.45, 7) is 3.97. The zero-order valence-corrected chi connectivity index (χ0v) is 7.74. The van der Waals surface area contributed by atoms with E-state index in [1.165, 1.54) is 6.20 Å². The van der Waals surface area contributed by atoms with E-state index in [1.807, 2.05) is 13.8 Å². The number of nitrogens with zero attached hydrogens (tertiary/aromatic N) is 1. The van der Waals surface area contributed by atoms with E-state index >= 15 is 0 Å². The molecule has 0 aliphatic carbocycles. The van der Waals surface area contributed by atoms with E-state index in [2.05, 4.69) is 9.97 Å². The van der Waals surface area contributed by atoms with Gasteiger partial charge in [-0.3, -0.25) is 4.79 Å². The lowest BCUT2D eigenvalue weighted by atomic mass is 10.1. The maximum absolute atomic E-state index is 10.7. The van der Waals surface area contributed by atoms with Crippen LogP contribution in [0.3, 0.4) is 0 Å². The third kappa shape index (κ3) is 2.06. The van der Waals surface area contributed by atoms with Crippen LogP contribution in [0.15, 0.2) is 6.20 Å². The highest BCUT2D eigenvalue weighted by molar-refractivity contribution is 5.90. The molecule has 72 valence electrons. The maximum atomic E-state index is 10.7. The average molecular weight is 182 g/mol. The Labute approximate surface area is 76.5 Å². The highest BCUT2D eigenvalue weighted by Gasteiger charge is 2.15. The van der Waals surface area contributed by atoms with E-state index in [-0.39, 0.29) is 12.0 Å². The van der Waals surface area contributed by atoms with Crippen molar-refractivity contribution < 1.29 is 4.79 Å². The Morgan fingerprint density at radius 1 is 1.62 bits per heavy atom. The van der Waals surface area contributed by atoms with Crippen LogP contribution in [0.2, 0.25) is 0 Å². The van der Waals surface area contributed by atoms with Crippen LogP contribution in [0.4, 0.5) is 0 Å². The van der Waals surface area contributed by atoms with Crippen molar-refractivity contribution in [1.82, 2.24) is 9.97 Å². The van der Waals surface area contributed by atoms with Crippen LogP contribution in [0, 0.1) is 5.92 Å². The molecule has 0 spiro atoms. The quantitative estimate of drug-likeness (QED) is 0.621. The highest BCUT2D eigenvalue weighted by atomic mass is 16.1. The number of aromatic nitrogens is 2. The summed E-state index contributed by atoms with van der Waals surface area (Å²) in [4.78, 5) is 17.5. The first-order valence-electron chi connectivity index (χ1n) is 4.12. The van der Waals surface area contributed by atoms with Crippen LogP contribution in [0.25, 0.3) is 0 Å². The molecule has 0 fully saturated rings. The molecule has 0 saturated carbocycles. The van der Waals surface area contributed by atoms with Gasteiger partial charge in [-0.1, -0.05) is 13.8 Å². The summed E-state index contributed by atoms with van der Waals surface area (Å²) in [5, 5.41) is 0. The van der Waals surface area contributed by atoms with Gasteiger partial charge in [0.2, 0.25) is 0 Å². The van der Waals surface area contributed by atoms with Crippen LogP contribution < -0.4 is 11.5 Å². The van der Waals surface area contributed by atoms with Crippen molar-refractivity contribution in [3.8, 4) is 0 Å². The van der Waals surface area contributed by atoms with Crippen molar-refractivity contribution in [1.29, 1.82) is 0 Å². The van der Waals surface area contributed by atoms with Gasteiger partial charge in [-0.25, -0.2) is 4.98 Å². The molecule has 5 heteroatoms. The van der Waals surface area contributed by atoms with Crippen molar-refractivity contribution >= 4 is 5.91 Å². The normalized spacial score (nSPS) is 13.2. The largest absolute Gasteiger partial charge is 0.364 e. The Morgan fingerprint density at radius 2 is 2.23 bits per heavy atom. The van der Waals surface area contributed by atoms with E-state index in [9.17, 15) is 4.79 Å². The lowest BCUT2D eigenvalue weighted by Crippen LogP contribution is -2.19. The first-order chi connectivity index (χ1) is 6.02. The minimum atomic E-state index is -0.519. The molecule has 0 aliphatic rings. The average Bonchev–Trinajstić information content (AvgIpc) is 2.50. The number of hydrogen-bond acceptors (Lipinski definition) is 3. The third-order valence-corrected chi connectivity index (χ3v) is 1.89. The van der Waals surface area contributed by atoms with Crippen LogP contribution in [-0.2, 0) is 0 Å². The lowest BCUT2D eigenvalue weighted by molar-refractivity contribution is 0.0996. The van der Waals surface area contributed by atoms with E-state index in [0.29, 0.717) is 11.5 Å². The van der Waals surface area contributed by atoms with Crippen molar-refractivity contribution in [3.63, 3.8) is 0 Å². The number of carbonyl (C=O) groups is 1. The highest BCUT2D eigenvalue weighted by Crippen LogP contribution is 2.14. The molecule has 0 unspecified atom stereocenters. The Balaban J connectivity index is 2.85. The summed E-state index contributed by atoms with van der Waals surface area (Å²) in [6.07, 6.45) is 1.40. The number of imidazole rings is 1.